The predicted octanol–water partition coefficient (Wildman–Crippen LogP) is 4.32. The molecule has 21 heavy (non-hydrogen) atoms. The Morgan fingerprint density at radius 2 is 2.19 bits per heavy atom. The zero-order valence-corrected chi connectivity index (χ0v) is 13.6. The molecule has 0 unspecified atom stereocenters. The molecule has 2 amide bonds. The number of thiophene rings is 1. The second kappa shape index (κ2) is 6.26. The predicted molar refractivity (Wildman–Crippen MR) is 87.1 cm³/mol. The van der Waals surface area contributed by atoms with Crippen molar-refractivity contribution in [2.24, 2.45) is 0 Å². The lowest BCUT2D eigenvalue weighted by Gasteiger charge is -2.27. The van der Waals surface area contributed by atoms with E-state index in [9.17, 15) is 4.79 Å². The van der Waals surface area contributed by atoms with E-state index in [2.05, 4.69) is 16.8 Å². The molecule has 2 heterocycles. The summed E-state index contributed by atoms with van der Waals surface area (Å²) in [5.41, 5.74) is 2.12. The van der Waals surface area contributed by atoms with E-state index in [-0.39, 0.29) is 6.03 Å². The number of nitrogens with one attached hydrogen (secondary N) is 1. The first kappa shape index (κ1) is 14.7. The fourth-order valence-electron chi connectivity index (χ4n) is 2.37. The summed E-state index contributed by atoms with van der Waals surface area (Å²) < 4.78 is 0. The number of fused-ring (bicyclic) bond motifs is 1. The van der Waals surface area contributed by atoms with Crippen molar-refractivity contribution in [1.29, 1.82) is 0 Å². The maximum absolute atomic E-state index is 12.2. The number of carbonyl (C=O) groups excluding carboxylic acids is 1. The van der Waals surface area contributed by atoms with Crippen LogP contribution in [0.1, 0.15) is 16.0 Å². The number of nitrogens with zero attached hydrogens (tertiary/aromatic N) is 1. The van der Waals surface area contributed by atoms with Crippen molar-refractivity contribution in [3.8, 4) is 0 Å². The molecule has 0 fully saturated rings. The molecule has 2 aromatic rings. The third kappa shape index (κ3) is 3.34. The smallest absolute Gasteiger partial charge is 0.317 e. The lowest BCUT2D eigenvalue weighted by atomic mass is 10.1. The van der Waals surface area contributed by atoms with Gasteiger partial charge in [-0.2, -0.15) is 0 Å². The molecule has 1 aromatic heterocycles. The van der Waals surface area contributed by atoms with Crippen LogP contribution in [0.5, 0.6) is 0 Å². The zero-order valence-electron chi connectivity index (χ0n) is 11.2. The van der Waals surface area contributed by atoms with Gasteiger partial charge in [0.25, 0.3) is 0 Å². The molecule has 3 nitrogen and oxygen atoms in total. The van der Waals surface area contributed by atoms with Crippen LogP contribution in [0.4, 0.5) is 4.79 Å². The molecule has 1 N–H and O–H groups in total. The van der Waals surface area contributed by atoms with Crippen LogP contribution >= 0.6 is 34.5 Å². The number of urea groups is 1. The molecular weight excluding hydrogens is 327 g/mol. The number of hydrogen-bond acceptors (Lipinski definition) is 2. The minimum Gasteiger partial charge on any atom is -0.334 e. The maximum atomic E-state index is 12.2. The molecule has 0 atom stereocenters. The van der Waals surface area contributed by atoms with E-state index < -0.39 is 0 Å². The van der Waals surface area contributed by atoms with Crippen LogP contribution in [0.3, 0.4) is 0 Å². The molecule has 0 spiro atoms. The van der Waals surface area contributed by atoms with Gasteiger partial charge in [0.1, 0.15) is 0 Å². The highest BCUT2D eigenvalue weighted by Crippen LogP contribution is 2.24. The Morgan fingerprint density at radius 3 is 3.00 bits per heavy atom. The summed E-state index contributed by atoms with van der Waals surface area (Å²) in [6.45, 7) is 1.84. The van der Waals surface area contributed by atoms with E-state index in [0.717, 1.165) is 18.5 Å². The van der Waals surface area contributed by atoms with E-state index in [0.29, 0.717) is 23.1 Å². The van der Waals surface area contributed by atoms with Crippen LogP contribution < -0.4 is 5.32 Å². The summed E-state index contributed by atoms with van der Waals surface area (Å²) in [6, 6.07) is 7.32. The van der Waals surface area contributed by atoms with Crippen LogP contribution in [-0.4, -0.2) is 17.5 Å². The summed E-state index contributed by atoms with van der Waals surface area (Å²) in [5.74, 6) is 0. The Balaban J connectivity index is 1.60. The summed E-state index contributed by atoms with van der Waals surface area (Å²) >= 11 is 13.7. The molecule has 1 aliphatic heterocycles. The van der Waals surface area contributed by atoms with E-state index >= 15 is 0 Å². The van der Waals surface area contributed by atoms with Gasteiger partial charge >= 0.3 is 6.03 Å². The van der Waals surface area contributed by atoms with E-state index in [1.54, 1.807) is 23.5 Å². The molecule has 110 valence electrons. The Hall–Kier alpha value is -1.23. The summed E-state index contributed by atoms with van der Waals surface area (Å²) in [5, 5.41) is 6.16. The minimum absolute atomic E-state index is 0.0575. The molecule has 0 aliphatic carbocycles. The van der Waals surface area contributed by atoms with Gasteiger partial charge < -0.3 is 10.2 Å². The van der Waals surface area contributed by atoms with Gasteiger partial charge in [-0.1, -0.05) is 29.3 Å². The first-order valence-corrected chi connectivity index (χ1v) is 8.29. The molecule has 0 saturated heterocycles. The van der Waals surface area contributed by atoms with Crippen LogP contribution in [0.15, 0.2) is 29.6 Å². The fraction of sp³-hybridized carbons (Fsp3) is 0.267. The zero-order chi connectivity index (χ0) is 14.8. The third-order valence-corrected chi connectivity index (χ3v) is 5.15. The van der Waals surface area contributed by atoms with Crippen molar-refractivity contribution in [1.82, 2.24) is 10.2 Å². The monoisotopic (exact) mass is 340 g/mol. The maximum Gasteiger partial charge on any atom is 0.317 e. The van der Waals surface area contributed by atoms with Gasteiger partial charge in [0.05, 0.1) is 0 Å². The van der Waals surface area contributed by atoms with Crippen molar-refractivity contribution in [3.63, 3.8) is 0 Å². The van der Waals surface area contributed by atoms with Gasteiger partial charge in [0, 0.05) is 34.6 Å². The lowest BCUT2D eigenvalue weighted by molar-refractivity contribution is 0.192. The third-order valence-electron chi connectivity index (χ3n) is 3.54. The van der Waals surface area contributed by atoms with Crippen molar-refractivity contribution < 1.29 is 4.79 Å². The van der Waals surface area contributed by atoms with Crippen molar-refractivity contribution in [2.45, 2.75) is 19.5 Å². The number of carbonyl (C=O) groups is 1. The fourth-order valence-corrected chi connectivity index (χ4v) is 3.73. The van der Waals surface area contributed by atoms with Gasteiger partial charge in [-0.3, -0.25) is 0 Å². The van der Waals surface area contributed by atoms with Crippen LogP contribution in [-0.2, 0) is 19.5 Å². The highest BCUT2D eigenvalue weighted by Gasteiger charge is 2.21. The average molecular weight is 341 g/mol. The normalized spacial score (nSPS) is 13.9. The van der Waals surface area contributed by atoms with Crippen molar-refractivity contribution in [2.75, 3.05) is 6.54 Å². The standard InChI is InChI=1S/C15H14Cl2N2OS/c16-12-2-1-10(13(17)7-12)8-18-15(20)19-5-3-14-11(9-19)4-6-21-14/h1-2,4,6-7H,3,5,8-9H2,(H,18,20). The summed E-state index contributed by atoms with van der Waals surface area (Å²) in [4.78, 5) is 15.5. The van der Waals surface area contributed by atoms with Gasteiger partial charge in [-0.05, 0) is 41.1 Å². The Morgan fingerprint density at radius 1 is 1.33 bits per heavy atom. The van der Waals surface area contributed by atoms with Gasteiger partial charge in [0.15, 0.2) is 0 Å². The topological polar surface area (TPSA) is 32.3 Å². The molecule has 1 aliphatic rings. The molecule has 0 radical (unpaired) electrons. The van der Waals surface area contributed by atoms with E-state index in [1.807, 2.05) is 11.0 Å². The lowest BCUT2D eigenvalue weighted by Crippen LogP contribution is -2.42. The summed E-state index contributed by atoms with van der Waals surface area (Å²) in [6.07, 6.45) is 0.933. The summed E-state index contributed by atoms with van der Waals surface area (Å²) in [7, 11) is 0. The quantitative estimate of drug-likeness (QED) is 0.867. The minimum atomic E-state index is -0.0575. The first-order chi connectivity index (χ1) is 10.1. The van der Waals surface area contributed by atoms with Crippen LogP contribution in [0, 0.1) is 0 Å². The molecular formula is C15H14Cl2N2OS. The molecule has 0 saturated carbocycles. The number of rotatable bonds is 2. The van der Waals surface area contributed by atoms with E-state index in [1.165, 1.54) is 10.4 Å². The molecule has 3 rings (SSSR count). The van der Waals surface area contributed by atoms with E-state index in [4.69, 9.17) is 23.2 Å². The Kier molecular flexibility index (Phi) is 4.38. The van der Waals surface area contributed by atoms with Gasteiger partial charge in [-0.15, -0.1) is 11.3 Å². The Bertz CT molecular complexity index is 671. The highest BCUT2D eigenvalue weighted by atomic mass is 35.5. The average Bonchev–Trinajstić information content (AvgIpc) is 2.93. The number of halogens is 2. The second-order valence-electron chi connectivity index (χ2n) is 4.94. The van der Waals surface area contributed by atoms with Crippen LogP contribution in [0.2, 0.25) is 10.0 Å². The van der Waals surface area contributed by atoms with Crippen molar-refractivity contribution >= 4 is 40.6 Å². The number of hydrogen-bond donors (Lipinski definition) is 1. The van der Waals surface area contributed by atoms with Gasteiger partial charge in [0.2, 0.25) is 0 Å². The SMILES string of the molecule is O=C(NCc1ccc(Cl)cc1Cl)N1CCc2sccc2C1. The number of benzene rings is 1. The van der Waals surface area contributed by atoms with Gasteiger partial charge in [-0.25, -0.2) is 4.79 Å². The number of amides is 2. The van der Waals surface area contributed by atoms with Crippen LogP contribution in [0.25, 0.3) is 0 Å². The highest BCUT2D eigenvalue weighted by molar-refractivity contribution is 7.10. The molecule has 6 heteroatoms. The molecule has 1 aromatic carbocycles. The largest absolute Gasteiger partial charge is 0.334 e. The van der Waals surface area contributed by atoms with Crippen molar-refractivity contribution in [3.05, 3.63) is 55.7 Å². The molecule has 0 bridgehead atoms. The first-order valence-electron chi connectivity index (χ1n) is 6.65. The Labute approximate surface area is 137 Å². The second-order valence-corrected chi connectivity index (χ2v) is 6.78.